The second-order valence-corrected chi connectivity index (χ2v) is 4.62. The third kappa shape index (κ3) is 2.56. The van der Waals surface area contributed by atoms with Crippen molar-refractivity contribution in [3.63, 3.8) is 0 Å². The average molecular weight is 270 g/mol. The minimum absolute atomic E-state index is 0.241. The van der Waals surface area contributed by atoms with Gasteiger partial charge in [0, 0.05) is 4.88 Å². The zero-order chi connectivity index (χ0) is 13.6. The predicted octanol–water partition coefficient (Wildman–Crippen LogP) is 2.52. The van der Waals surface area contributed by atoms with E-state index < -0.39 is 17.4 Å². The van der Waals surface area contributed by atoms with Gasteiger partial charge in [0.25, 0.3) is 0 Å². The maximum Gasteiger partial charge on any atom is 0.328 e. The molecule has 0 spiro atoms. The van der Waals surface area contributed by atoms with Crippen molar-refractivity contribution >= 4 is 23.3 Å². The Labute approximate surface area is 111 Å². The second kappa shape index (κ2) is 6.54. The van der Waals surface area contributed by atoms with Gasteiger partial charge in [-0.2, -0.15) is 0 Å². The quantitative estimate of drug-likeness (QED) is 0.589. The van der Waals surface area contributed by atoms with Crippen LogP contribution in [0.2, 0.25) is 0 Å². The van der Waals surface area contributed by atoms with E-state index in [1.807, 2.05) is 11.4 Å². The van der Waals surface area contributed by atoms with Crippen molar-refractivity contribution in [1.82, 2.24) is 0 Å². The van der Waals surface area contributed by atoms with E-state index in [0.717, 1.165) is 0 Å². The molecular weight excluding hydrogens is 252 g/mol. The van der Waals surface area contributed by atoms with Gasteiger partial charge in [0.05, 0.1) is 13.2 Å². The fourth-order valence-electron chi connectivity index (χ4n) is 1.78. The minimum atomic E-state index is -1.32. The standard InChI is InChI=1S/C13H18O4S/c1-4-13(11(14)16-5-2,12(15)17-6-3)10-8-7-9-18-10/h7-9H,4-6H2,1-3H3. The molecule has 0 saturated heterocycles. The first-order valence-corrected chi connectivity index (χ1v) is 6.89. The van der Waals surface area contributed by atoms with Crippen molar-refractivity contribution in [3.05, 3.63) is 22.4 Å². The molecule has 1 heterocycles. The fourth-order valence-corrected chi connectivity index (χ4v) is 2.75. The first kappa shape index (κ1) is 14.7. The maximum atomic E-state index is 12.2. The van der Waals surface area contributed by atoms with Crippen molar-refractivity contribution < 1.29 is 19.1 Å². The van der Waals surface area contributed by atoms with Crippen LogP contribution in [-0.2, 0) is 24.5 Å². The largest absolute Gasteiger partial charge is 0.465 e. The molecule has 1 aromatic heterocycles. The summed E-state index contributed by atoms with van der Waals surface area (Å²) in [7, 11) is 0. The monoisotopic (exact) mass is 270 g/mol. The molecule has 0 amide bonds. The number of ether oxygens (including phenoxy) is 2. The van der Waals surface area contributed by atoms with Crippen molar-refractivity contribution in [3.8, 4) is 0 Å². The highest BCUT2D eigenvalue weighted by Gasteiger charge is 2.49. The van der Waals surface area contributed by atoms with Crippen LogP contribution in [0.15, 0.2) is 17.5 Å². The van der Waals surface area contributed by atoms with E-state index in [1.165, 1.54) is 11.3 Å². The number of carbonyl (C=O) groups excluding carboxylic acids is 2. The van der Waals surface area contributed by atoms with E-state index in [1.54, 1.807) is 26.8 Å². The van der Waals surface area contributed by atoms with Gasteiger partial charge in [-0.3, -0.25) is 9.59 Å². The third-order valence-electron chi connectivity index (χ3n) is 2.72. The number of hydrogen-bond acceptors (Lipinski definition) is 5. The lowest BCUT2D eigenvalue weighted by atomic mass is 9.83. The molecule has 0 aliphatic heterocycles. The average Bonchev–Trinajstić information content (AvgIpc) is 2.85. The van der Waals surface area contributed by atoms with Gasteiger partial charge in [0.2, 0.25) is 0 Å². The SMILES string of the molecule is CCOC(=O)C(CC)(C(=O)OCC)c1cccs1. The van der Waals surface area contributed by atoms with E-state index in [-0.39, 0.29) is 13.2 Å². The Morgan fingerprint density at radius 1 is 1.17 bits per heavy atom. The topological polar surface area (TPSA) is 52.6 Å². The Morgan fingerprint density at radius 2 is 1.72 bits per heavy atom. The molecule has 1 rings (SSSR count). The lowest BCUT2D eigenvalue weighted by molar-refractivity contribution is -0.164. The lowest BCUT2D eigenvalue weighted by Gasteiger charge is -2.26. The summed E-state index contributed by atoms with van der Waals surface area (Å²) in [6.07, 6.45) is 0.325. The molecule has 0 aliphatic rings. The minimum Gasteiger partial charge on any atom is -0.465 e. The van der Waals surface area contributed by atoms with Crippen LogP contribution in [0.5, 0.6) is 0 Å². The molecule has 5 heteroatoms. The van der Waals surface area contributed by atoms with E-state index in [0.29, 0.717) is 11.3 Å². The van der Waals surface area contributed by atoms with Gasteiger partial charge in [0.15, 0.2) is 5.41 Å². The molecule has 0 saturated carbocycles. The second-order valence-electron chi connectivity index (χ2n) is 3.68. The number of carbonyl (C=O) groups is 2. The summed E-state index contributed by atoms with van der Waals surface area (Å²) >= 11 is 1.36. The number of rotatable bonds is 6. The van der Waals surface area contributed by atoms with Crippen molar-refractivity contribution in [2.45, 2.75) is 32.6 Å². The molecule has 18 heavy (non-hydrogen) atoms. The van der Waals surface area contributed by atoms with Crippen LogP contribution in [0, 0.1) is 0 Å². The van der Waals surface area contributed by atoms with E-state index in [9.17, 15) is 9.59 Å². The van der Waals surface area contributed by atoms with Crippen LogP contribution < -0.4 is 0 Å². The predicted molar refractivity (Wildman–Crippen MR) is 69.6 cm³/mol. The van der Waals surface area contributed by atoms with Gasteiger partial charge in [-0.1, -0.05) is 13.0 Å². The normalized spacial score (nSPS) is 11.1. The van der Waals surface area contributed by atoms with E-state index >= 15 is 0 Å². The highest BCUT2D eigenvalue weighted by Crippen LogP contribution is 2.34. The summed E-state index contributed by atoms with van der Waals surface area (Å²) in [5.41, 5.74) is -1.32. The Bertz CT molecular complexity index is 379. The summed E-state index contributed by atoms with van der Waals surface area (Å²) < 4.78 is 10.1. The van der Waals surface area contributed by atoms with Crippen LogP contribution in [-0.4, -0.2) is 25.2 Å². The third-order valence-corrected chi connectivity index (χ3v) is 3.75. The first-order valence-electron chi connectivity index (χ1n) is 6.01. The zero-order valence-electron chi connectivity index (χ0n) is 10.9. The Morgan fingerprint density at radius 3 is 2.06 bits per heavy atom. The van der Waals surface area contributed by atoms with Crippen molar-refractivity contribution in [1.29, 1.82) is 0 Å². The van der Waals surface area contributed by atoms with Crippen LogP contribution in [0.1, 0.15) is 32.1 Å². The first-order chi connectivity index (χ1) is 8.63. The molecule has 0 atom stereocenters. The Kier molecular flexibility index (Phi) is 5.34. The Hall–Kier alpha value is -1.36. The summed E-state index contributed by atoms with van der Waals surface area (Å²) in [6, 6.07) is 3.57. The Balaban J connectivity index is 3.21. The number of thiophene rings is 1. The van der Waals surface area contributed by atoms with Crippen molar-refractivity contribution in [2.24, 2.45) is 0 Å². The van der Waals surface area contributed by atoms with Gasteiger partial charge in [-0.15, -0.1) is 11.3 Å². The zero-order valence-corrected chi connectivity index (χ0v) is 11.7. The summed E-state index contributed by atoms with van der Waals surface area (Å²) in [4.78, 5) is 25.1. The molecule has 0 bridgehead atoms. The molecule has 0 aromatic carbocycles. The summed E-state index contributed by atoms with van der Waals surface area (Å²) in [5.74, 6) is -1.07. The maximum absolute atomic E-state index is 12.2. The van der Waals surface area contributed by atoms with Gasteiger partial charge in [0.1, 0.15) is 0 Å². The van der Waals surface area contributed by atoms with Crippen LogP contribution in [0.3, 0.4) is 0 Å². The van der Waals surface area contributed by atoms with Gasteiger partial charge >= 0.3 is 11.9 Å². The molecule has 0 N–H and O–H groups in total. The molecule has 4 nitrogen and oxygen atoms in total. The van der Waals surface area contributed by atoms with Crippen LogP contribution in [0.4, 0.5) is 0 Å². The molecule has 0 unspecified atom stereocenters. The van der Waals surface area contributed by atoms with E-state index in [4.69, 9.17) is 9.47 Å². The lowest BCUT2D eigenvalue weighted by Crippen LogP contribution is -2.45. The number of esters is 2. The molecular formula is C13H18O4S. The summed E-state index contributed by atoms with van der Waals surface area (Å²) in [6.45, 7) is 5.71. The highest BCUT2D eigenvalue weighted by atomic mass is 32.1. The molecule has 100 valence electrons. The van der Waals surface area contributed by atoms with Crippen LogP contribution in [0.25, 0.3) is 0 Å². The molecule has 0 radical (unpaired) electrons. The molecule has 0 aliphatic carbocycles. The van der Waals surface area contributed by atoms with Gasteiger partial charge in [-0.25, -0.2) is 0 Å². The fraction of sp³-hybridized carbons (Fsp3) is 0.538. The van der Waals surface area contributed by atoms with Gasteiger partial charge < -0.3 is 9.47 Å². The summed E-state index contributed by atoms with van der Waals surface area (Å²) in [5, 5.41) is 1.83. The molecule has 0 fully saturated rings. The van der Waals surface area contributed by atoms with Gasteiger partial charge in [-0.05, 0) is 31.7 Å². The highest BCUT2D eigenvalue weighted by molar-refractivity contribution is 7.10. The molecule has 1 aromatic rings. The van der Waals surface area contributed by atoms with Crippen LogP contribution >= 0.6 is 11.3 Å². The number of hydrogen-bond donors (Lipinski definition) is 0. The van der Waals surface area contributed by atoms with E-state index in [2.05, 4.69) is 0 Å². The smallest absolute Gasteiger partial charge is 0.328 e. The van der Waals surface area contributed by atoms with Crippen molar-refractivity contribution in [2.75, 3.05) is 13.2 Å².